The van der Waals surface area contributed by atoms with Gasteiger partial charge in [-0.3, -0.25) is 0 Å². The second kappa shape index (κ2) is 12.9. The van der Waals surface area contributed by atoms with Crippen LogP contribution in [0.1, 0.15) is 107 Å². The lowest BCUT2D eigenvalue weighted by atomic mass is 9.66. The fourth-order valence-corrected chi connectivity index (χ4v) is 7.16. The van der Waals surface area contributed by atoms with Crippen LogP contribution in [0.5, 0.6) is 0 Å². The molecular formula is C31H44F4O. The standard InChI is InChI=1S/C31H44F4O/c1-2-3-4-5-22-6-8-23(9-7-22)24-10-12-25(13-11-24)26-14-16-27(17-15-26)28-18-19-30(36-21-28)29(32)20-31(33,34)35/h6-9,20,24-28,30H,2-5,10-19,21H2,1H3/b29-20-. The fourth-order valence-electron chi connectivity index (χ4n) is 7.16. The van der Waals surface area contributed by atoms with Crippen molar-refractivity contribution in [3.05, 3.63) is 47.3 Å². The maximum absolute atomic E-state index is 13.8. The summed E-state index contributed by atoms with van der Waals surface area (Å²) in [7, 11) is 0. The van der Waals surface area contributed by atoms with E-state index in [0.29, 0.717) is 30.8 Å². The molecular weight excluding hydrogens is 464 g/mol. The number of aryl methyl sites for hydroxylation is 1. The number of ether oxygens (including phenoxy) is 1. The van der Waals surface area contributed by atoms with Crippen molar-refractivity contribution in [3.8, 4) is 0 Å². The van der Waals surface area contributed by atoms with E-state index < -0.39 is 18.1 Å². The molecule has 0 radical (unpaired) electrons. The Morgan fingerprint density at radius 1 is 0.806 bits per heavy atom. The van der Waals surface area contributed by atoms with Crippen molar-refractivity contribution in [2.45, 2.75) is 115 Å². The summed E-state index contributed by atoms with van der Waals surface area (Å²) in [5, 5.41) is 0. The molecule has 0 aromatic heterocycles. The quantitative estimate of drug-likeness (QED) is 0.251. The average Bonchev–Trinajstić information content (AvgIpc) is 2.89. The van der Waals surface area contributed by atoms with E-state index in [1.807, 2.05) is 0 Å². The van der Waals surface area contributed by atoms with Gasteiger partial charge >= 0.3 is 6.18 Å². The topological polar surface area (TPSA) is 9.23 Å². The molecule has 0 spiro atoms. The number of halogens is 4. The zero-order valence-corrected chi connectivity index (χ0v) is 21.9. The molecule has 0 bridgehead atoms. The minimum Gasteiger partial charge on any atom is -0.371 e. The van der Waals surface area contributed by atoms with Crippen molar-refractivity contribution < 1.29 is 22.3 Å². The predicted octanol–water partition coefficient (Wildman–Crippen LogP) is 9.71. The van der Waals surface area contributed by atoms with Crippen molar-refractivity contribution >= 4 is 0 Å². The maximum atomic E-state index is 13.8. The first-order valence-corrected chi connectivity index (χ1v) is 14.5. The minimum absolute atomic E-state index is 0.248. The summed E-state index contributed by atoms with van der Waals surface area (Å²) < 4.78 is 56.6. The van der Waals surface area contributed by atoms with Gasteiger partial charge < -0.3 is 4.74 Å². The number of alkyl halides is 3. The van der Waals surface area contributed by atoms with Crippen molar-refractivity contribution in [3.63, 3.8) is 0 Å². The van der Waals surface area contributed by atoms with Gasteiger partial charge in [0.25, 0.3) is 0 Å². The molecule has 1 aromatic rings. The van der Waals surface area contributed by atoms with Crippen LogP contribution in [0.4, 0.5) is 17.6 Å². The van der Waals surface area contributed by atoms with E-state index in [4.69, 9.17) is 4.74 Å². The Kier molecular flexibility index (Phi) is 9.94. The van der Waals surface area contributed by atoms with Crippen molar-refractivity contribution in [1.29, 1.82) is 0 Å². The normalized spacial score (nSPS) is 32.4. The van der Waals surface area contributed by atoms with Crippen LogP contribution >= 0.6 is 0 Å². The van der Waals surface area contributed by atoms with Crippen LogP contribution in [0.25, 0.3) is 0 Å². The van der Waals surface area contributed by atoms with Crippen LogP contribution in [-0.4, -0.2) is 18.9 Å². The number of benzene rings is 1. The van der Waals surface area contributed by atoms with Crippen LogP contribution in [0.15, 0.2) is 36.2 Å². The molecule has 4 rings (SSSR count). The van der Waals surface area contributed by atoms with Crippen molar-refractivity contribution in [1.82, 2.24) is 0 Å². The van der Waals surface area contributed by atoms with E-state index >= 15 is 0 Å². The number of hydrogen-bond donors (Lipinski definition) is 0. The fraction of sp³-hybridized carbons (Fsp3) is 0.742. The first-order chi connectivity index (χ1) is 17.3. The van der Waals surface area contributed by atoms with Gasteiger partial charge in [-0.2, -0.15) is 13.2 Å². The molecule has 0 N–H and O–H groups in total. The summed E-state index contributed by atoms with van der Waals surface area (Å²) in [6, 6.07) is 9.44. The number of allylic oxidation sites excluding steroid dienone is 1. The molecule has 1 saturated heterocycles. The van der Waals surface area contributed by atoms with E-state index in [1.165, 1.54) is 88.2 Å². The lowest BCUT2D eigenvalue weighted by molar-refractivity contribution is -0.0856. The molecule has 202 valence electrons. The number of hydrogen-bond acceptors (Lipinski definition) is 1. The Morgan fingerprint density at radius 3 is 1.89 bits per heavy atom. The molecule has 5 heteroatoms. The number of unbranched alkanes of at least 4 members (excludes halogenated alkanes) is 2. The van der Waals surface area contributed by atoms with Crippen LogP contribution in [0, 0.1) is 23.7 Å². The Bertz CT molecular complexity index is 806. The molecule has 2 atom stereocenters. The lowest BCUT2D eigenvalue weighted by Crippen LogP contribution is -2.34. The largest absolute Gasteiger partial charge is 0.412 e. The summed E-state index contributed by atoms with van der Waals surface area (Å²) in [5.74, 6) is 2.12. The average molecular weight is 509 g/mol. The molecule has 1 aromatic carbocycles. The summed E-state index contributed by atoms with van der Waals surface area (Å²) in [4.78, 5) is 0. The Labute approximate surface area is 215 Å². The third-order valence-corrected chi connectivity index (χ3v) is 9.36. The zero-order valence-electron chi connectivity index (χ0n) is 21.9. The Hall–Kier alpha value is -1.36. The zero-order chi connectivity index (χ0) is 25.5. The summed E-state index contributed by atoms with van der Waals surface area (Å²) >= 11 is 0. The van der Waals surface area contributed by atoms with Crippen LogP contribution < -0.4 is 0 Å². The first-order valence-electron chi connectivity index (χ1n) is 14.5. The van der Waals surface area contributed by atoms with Gasteiger partial charge in [0, 0.05) is 0 Å². The van der Waals surface area contributed by atoms with Gasteiger partial charge in [0.05, 0.1) is 12.7 Å². The summed E-state index contributed by atoms with van der Waals surface area (Å²) in [6.45, 7) is 2.64. The summed E-state index contributed by atoms with van der Waals surface area (Å²) in [5.41, 5.74) is 2.99. The molecule has 36 heavy (non-hydrogen) atoms. The van der Waals surface area contributed by atoms with E-state index in [-0.39, 0.29) is 6.08 Å². The van der Waals surface area contributed by atoms with Crippen molar-refractivity contribution in [2.75, 3.05) is 6.61 Å². The number of rotatable bonds is 8. The van der Waals surface area contributed by atoms with Gasteiger partial charge in [-0.1, -0.05) is 44.0 Å². The van der Waals surface area contributed by atoms with E-state index in [2.05, 4.69) is 31.2 Å². The second-order valence-corrected chi connectivity index (χ2v) is 11.7. The molecule has 2 aliphatic carbocycles. The molecule has 1 nitrogen and oxygen atoms in total. The third kappa shape index (κ3) is 7.82. The van der Waals surface area contributed by atoms with Crippen molar-refractivity contribution in [2.24, 2.45) is 23.7 Å². The summed E-state index contributed by atoms with van der Waals surface area (Å²) in [6.07, 6.45) is 10.4. The molecule has 3 aliphatic rings. The van der Waals surface area contributed by atoms with Gasteiger partial charge in [0.2, 0.25) is 0 Å². The van der Waals surface area contributed by atoms with E-state index in [9.17, 15) is 17.6 Å². The highest BCUT2D eigenvalue weighted by molar-refractivity contribution is 5.26. The second-order valence-electron chi connectivity index (χ2n) is 11.7. The lowest BCUT2D eigenvalue weighted by Gasteiger charge is -2.41. The maximum Gasteiger partial charge on any atom is 0.412 e. The van der Waals surface area contributed by atoms with Gasteiger partial charge in [0.1, 0.15) is 11.9 Å². The predicted molar refractivity (Wildman–Crippen MR) is 138 cm³/mol. The molecule has 0 amide bonds. The van der Waals surface area contributed by atoms with E-state index in [0.717, 1.165) is 18.3 Å². The van der Waals surface area contributed by atoms with Gasteiger partial charge in [-0.15, -0.1) is 0 Å². The first kappa shape index (κ1) is 27.7. The highest BCUT2D eigenvalue weighted by Crippen LogP contribution is 2.46. The Morgan fingerprint density at radius 2 is 1.36 bits per heavy atom. The molecule has 3 fully saturated rings. The third-order valence-electron chi connectivity index (χ3n) is 9.36. The van der Waals surface area contributed by atoms with Gasteiger partial charge in [-0.25, -0.2) is 4.39 Å². The molecule has 1 aliphatic heterocycles. The molecule has 1 heterocycles. The smallest absolute Gasteiger partial charge is 0.371 e. The van der Waals surface area contributed by atoms with Gasteiger partial charge in [-0.05, 0) is 118 Å². The van der Waals surface area contributed by atoms with Crippen LogP contribution in [-0.2, 0) is 11.2 Å². The van der Waals surface area contributed by atoms with Crippen LogP contribution in [0.3, 0.4) is 0 Å². The highest BCUT2D eigenvalue weighted by Gasteiger charge is 2.36. The molecule has 2 saturated carbocycles. The minimum atomic E-state index is -4.62. The van der Waals surface area contributed by atoms with E-state index in [1.54, 1.807) is 0 Å². The van der Waals surface area contributed by atoms with Crippen LogP contribution in [0.2, 0.25) is 0 Å². The highest BCUT2D eigenvalue weighted by atomic mass is 19.4. The van der Waals surface area contributed by atoms with Gasteiger partial charge in [0.15, 0.2) is 0 Å². The Balaban J connectivity index is 1.16. The SMILES string of the molecule is CCCCCc1ccc(C2CCC(C3CCC(C4CCC(/C(F)=C/C(F)(F)F)OC4)CC3)CC2)cc1. The molecule has 2 unspecified atom stereocenters. The monoisotopic (exact) mass is 508 g/mol.